The quantitative estimate of drug-likeness (QED) is 0.872. The molecule has 1 N–H and O–H groups in total. The average Bonchev–Trinajstić information content (AvgIpc) is 3.03. The van der Waals surface area contributed by atoms with Crippen molar-refractivity contribution in [3.8, 4) is 16.5 Å². The number of aromatic nitrogens is 2. The molecule has 0 aliphatic heterocycles. The molecule has 0 aliphatic rings. The SMILES string of the molecule is CCCNC(C)c1nnc(-c2cc(OC)cs2)o1. The van der Waals surface area contributed by atoms with Crippen LogP contribution in [-0.2, 0) is 0 Å². The molecular weight excluding hydrogens is 250 g/mol. The summed E-state index contributed by atoms with van der Waals surface area (Å²) >= 11 is 1.53. The van der Waals surface area contributed by atoms with Crippen LogP contribution in [0, 0.1) is 0 Å². The van der Waals surface area contributed by atoms with E-state index in [1.165, 1.54) is 11.3 Å². The lowest BCUT2D eigenvalue weighted by molar-refractivity contribution is 0.415. The van der Waals surface area contributed by atoms with Gasteiger partial charge in [-0.3, -0.25) is 0 Å². The minimum Gasteiger partial charge on any atom is -0.496 e. The number of methoxy groups -OCH3 is 1. The highest BCUT2D eigenvalue weighted by Gasteiger charge is 2.15. The summed E-state index contributed by atoms with van der Waals surface area (Å²) in [5.41, 5.74) is 0. The molecule has 0 radical (unpaired) electrons. The first-order chi connectivity index (χ1) is 8.74. The summed E-state index contributed by atoms with van der Waals surface area (Å²) in [4.78, 5) is 0.924. The van der Waals surface area contributed by atoms with E-state index in [1.807, 2.05) is 18.4 Å². The molecule has 0 saturated carbocycles. The van der Waals surface area contributed by atoms with Gasteiger partial charge >= 0.3 is 0 Å². The molecule has 2 aromatic rings. The molecule has 2 heterocycles. The van der Waals surface area contributed by atoms with Crippen LogP contribution >= 0.6 is 11.3 Å². The van der Waals surface area contributed by atoms with E-state index in [2.05, 4.69) is 22.4 Å². The van der Waals surface area contributed by atoms with Gasteiger partial charge in [-0.2, -0.15) is 0 Å². The fourth-order valence-corrected chi connectivity index (χ4v) is 2.27. The zero-order valence-electron chi connectivity index (χ0n) is 10.8. The largest absolute Gasteiger partial charge is 0.496 e. The second-order valence-corrected chi connectivity index (χ2v) is 4.88. The summed E-state index contributed by atoms with van der Waals surface area (Å²) in [6.07, 6.45) is 1.08. The van der Waals surface area contributed by atoms with E-state index in [0.717, 1.165) is 23.6 Å². The Kier molecular flexibility index (Phi) is 4.33. The van der Waals surface area contributed by atoms with Crippen LogP contribution in [-0.4, -0.2) is 23.9 Å². The fourth-order valence-electron chi connectivity index (χ4n) is 1.50. The fraction of sp³-hybridized carbons (Fsp3) is 0.500. The van der Waals surface area contributed by atoms with Gasteiger partial charge in [0.2, 0.25) is 5.89 Å². The van der Waals surface area contributed by atoms with Crippen molar-refractivity contribution in [3.05, 3.63) is 17.3 Å². The van der Waals surface area contributed by atoms with Gasteiger partial charge in [0, 0.05) is 11.4 Å². The number of rotatable bonds is 6. The molecule has 98 valence electrons. The monoisotopic (exact) mass is 267 g/mol. The predicted octanol–water partition coefficient (Wildman–Crippen LogP) is 2.87. The zero-order valence-corrected chi connectivity index (χ0v) is 11.6. The lowest BCUT2D eigenvalue weighted by Crippen LogP contribution is -2.19. The highest BCUT2D eigenvalue weighted by molar-refractivity contribution is 7.13. The number of ether oxygens (including phenoxy) is 1. The minimum absolute atomic E-state index is 0.0769. The van der Waals surface area contributed by atoms with E-state index in [4.69, 9.17) is 9.15 Å². The van der Waals surface area contributed by atoms with Crippen molar-refractivity contribution in [2.45, 2.75) is 26.3 Å². The lowest BCUT2D eigenvalue weighted by Gasteiger charge is -2.07. The summed E-state index contributed by atoms with van der Waals surface area (Å²) in [7, 11) is 1.64. The Hall–Kier alpha value is -1.40. The maximum absolute atomic E-state index is 5.66. The Labute approximate surface area is 110 Å². The molecule has 0 aromatic carbocycles. The van der Waals surface area contributed by atoms with Crippen LogP contribution in [0.5, 0.6) is 5.75 Å². The van der Waals surface area contributed by atoms with Gasteiger partial charge in [-0.15, -0.1) is 21.5 Å². The van der Waals surface area contributed by atoms with Gasteiger partial charge < -0.3 is 14.5 Å². The summed E-state index contributed by atoms with van der Waals surface area (Å²) in [5.74, 6) is 1.97. The smallest absolute Gasteiger partial charge is 0.257 e. The number of nitrogens with one attached hydrogen (secondary N) is 1. The Morgan fingerprint density at radius 1 is 1.50 bits per heavy atom. The van der Waals surface area contributed by atoms with Crippen LogP contribution in [0.25, 0.3) is 10.8 Å². The molecule has 0 fully saturated rings. The summed E-state index contributed by atoms with van der Waals surface area (Å²) in [5, 5.41) is 13.4. The van der Waals surface area contributed by atoms with Crippen LogP contribution in [0.1, 0.15) is 32.2 Å². The third-order valence-corrected chi connectivity index (χ3v) is 3.43. The number of thiophene rings is 1. The normalized spacial score (nSPS) is 12.6. The Balaban J connectivity index is 2.09. The van der Waals surface area contributed by atoms with Gasteiger partial charge in [-0.1, -0.05) is 6.92 Å². The van der Waals surface area contributed by atoms with Gasteiger partial charge in [0.25, 0.3) is 5.89 Å². The summed E-state index contributed by atoms with van der Waals surface area (Å²) in [6, 6.07) is 1.97. The molecule has 1 unspecified atom stereocenters. The van der Waals surface area contributed by atoms with E-state index < -0.39 is 0 Å². The second-order valence-electron chi connectivity index (χ2n) is 3.97. The molecule has 0 amide bonds. The van der Waals surface area contributed by atoms with Crippen molar-refractivity contribution in [1.82, 2.24) is 15.5 Å². The standard InChI is InChI=1S/C12H17N3O2S/c1-4-5-13-8(2)11-14-15-12(17-11)10-6-9(16-3)7-18-10/h6-8,13H,4-5H2,1-3H3. The van der Waals surface area contributed by atoms with E-state index in [1.54, 1.807) is 7.11 Å². The first-order valence-electron chi connectivity index (χ1n) is 5.94. The van der Waals surface area contributed by atoms with Crippen molar-refractivity contribution in [2.24, 2.45) is 0 Å². The van der Waals surface area contributed by atoms with Crippen molar-refractivity contribution >= 4 is 11.3 Å². The van der Waals surface area contributed by atoms with E-state index in [9.17, 15) is 0 Å². The number of hydrogen-bond donors (Lipinski definition) is 1. The number of hydrogen-bond acceptors (Lipinski definition) is 6. The van der Waals surface area contributed by atoms with E-state index in [0.29, 0.717) is 11.8 Å². The lowest BCUT2D eigenvalue weighted by atomic mass is 10.3. The maximum atomic E-state index is 5.66. The molecule has 5 nitrogen and oxygen atoms in total. The maximum Gasteiger partial charge on any atom is 0.257 e. The van der Waals surface area contributed by atoms with Crippen LogP contribution in [0.15, 0.2) is 15.9 Å². The predicted molar refractivity (Wildman–Crippen MR) is 70.9 cm³/mol. The molecule has 2 aromatic heterocycles. The van der Waals surface area contributed by atoms with Gasteiger partial charge in [0.1, 0.15) is 5.75 Å². The van der Waals surface area contributed by atoms with Crippen LogP contribution in [0.3, 0.4) is 0 Å². The van der Waals surface area contributed by atoms with Gasteiger partial charge in [0.05, 0.1) is 18.0 Å². The first kappa shape index (κ1) is 13.0. The van der Waals surface area contributed by atoms with Gasteiger partial charge in [0.15, 0.2) is 0 Å². The third-order valence-electron chi connectivity index (χ3n) is 2.53. The van der Waals surface area contributed by atoms with Crippen LogP contribution < -0.4 is 10.1 Å². The molecule has 1 atom stereocenters. The Morgan fingerprint density at radius 3 is 3.00 bits per heavy atom. The summed E-state index contributed by atoms with van der Waals surface area (Å²) in [6.45, 7) is 5.07. The van der Waals surface area contributed by atoms with Crippen molar-refractivity contribution in [2.75, 3.05) is 13.7 Å². The Bertz CT molecular complexity index is 495. The average molecular weight is 267 g/mol. The second kappa shape index (κ2) is 5.97. The molecule has 0 aliphatic carbocycles. The molecule has 0 saturated heterocycles. The first-order valence-corrected chi connectivity index (χ1v) is 6.82. The van der Waals surface area contributed by atoms with Gasteiger partial charge in [-0.25, -0.2) is 0 Å². The van der Waals surface area contributed by atoms with E-state index in [-0.39, 0.29) is 6.04 Å². The molecule has 0 spiro atoms. The van der Waals surface area contributed by atoms with Crippen molar-refractivity contribution in [3.63, 3.8) is 0 Å². The molecule has 6 heteroatoms. The zero-order chi connectivity index (χ0) is 13.0. The highest BCUT2D eigenvalue weighted by Crippen LogP contribution is 2.30. The number of nitrogens with zero attached hydrogens (tertiary/aromatic N) is 2. The molecule has 0 bridgehead atoms. The van der Waals surface area contributed by atoms with Gasteiger partial charge in [-0.05, 0) is 19.9 Å². The molecule has 2 rings (SSSR count). The van der Waals surface area contributed by atoms with Crippen LogP contribution in [0.4, 0.5) is 0 Å². The minimum atomic E-state index is 0.0769. The molecule has 18 heavy (non-hydrogen) atoms. The van der Waals surface area contributed by atoms with Crippen molar-refractivity contribution < 1.29 is 9.15 Å². The van der Waals surface area contributed by atoms with Crippen molar-refractivity contribution in [1.29, 1.82) is 0 Å². The van der Waals surface area contributed by atoms with Crippen LogP contribution in [0.2, 0.25) is 0 Å². The highest BCUT2D eigenvalue weighted by atomic mass is 32.1. The Morgan fingerprint density at radius 2 is 2.33 bits per heavy atom. The third kappa shape index (κ3) is 2.88. The topological polar surface area (TPSA) is 60.2 Å². The summed E-state index contributed by atoms with van der Waals surface area (Å²) < 4.78 is 10.8. The molecular formula is C12H17N3O2S. The van der Waals surface area contributed by atoms with E-state index >= 15 is 0 Å².